The third-order valence-electron chi connectivity index (χ3n) is 9.03. The van der Waals surface area contributed by atoms with Crippen LogP contribution in [0.15, 0.2) is 0 Å². The van der Waals surface area contributed by atoms with E-state index in [1.807, 2.05) is 28.2 Å². The molecule has 10 N–H and O–H groups in total. The highest BCUT2D eigenvalue weighted by atomic mass is 16.3. The lowest BCUT2D eigenvalue weighted by Crippen LogP contribution is -2.26. The molecule has 0 aliphatic carbocycles. The van der Waals surface area contributed by atoms with Crippen LogP contribution in [-0.2, 0) is 33.6 Å². The minimum atomic E-state index is -0.250. The van der Waals surface area contributed by atoms with Gasteiger partial charge in [-0.25, -0.2) is 0 Å². The normalized spacial score (nSPS) is 12.3. The van der Waals surface area contributed by atoms with Gasteiger partial charge in [0, 0.05) is 44.2 Å². The monoisotopic (exact) mass is 894 g/mol. The molecule has 0 fully saturated rings. The first kappa shape index (κ1) is 73.4. The summed E-state index contributed by atoms with van der Waals surface area (Å²) in [4.78, 5) is 74.0. The van der Waals surface area contributed by atoms with Gasteiger partial charge in [0.15, 0.2) is 0 Å². The number of Topliss-reactive ketones (excluding diaryl/α,β-unsaturated/α-hetero) is 5. The van der Waals surface area contributed by atoms with Gasteiger partial charge in [0.2, 0.25) is 0 Å². The molecule has 0 amide bonds. The Balaban J connectivity index is -0.000000118. The van der Waals surface area contributed by atoms with Crippen LogP contribution >= 0.6 is 0 Å². The molecule has 0 heterocycles. The number of hydrogen-bond acceptors (Lipinski definition) is 14. The molecule has 0 saturated carbocycles. The first-order chi connectivity index (χ1) is 28.9. The smallest absolute Gasteiger partial charge is 0.290 e. The van der Waals surface area contributed by atoms with Crippen LogP contribution in [0.5, 0.6) is 0 Å². The number of nitrogens with two attached hydrogens (primary N) is 3. The molecular formula is C46H99N7O9. The van der Waals surface area contributed by atoms with Crippen LogP contribution in [0.4, 0.5) is 0 Å². The molecule has 16 heteroatoms. The quantitative estimate of drug-likeness (QED) is 0.0475. The van der Waals surface area contributed by atoms with E-state index in [4.69, 9.17) is 37.0 Å². The Kier molecular flexibility index (Phi) is 68.7. The van der Waals surface area contributed by atoms with Crippen molar-refractivity contribution in [3.05, 3.63) is 0 Å². The Morgan fingerprint density at radius 3 is 1.03 bits per heavy atom. The molecule has 5 atom stereocenters. The summed E-state index contributed by atoms with van der Waals surface area (Å²) < 4.78 is 0. The predicted octanol–water partition coefficient (Wildman–Crippen LogP) is 5.21. The van der Waals surface area contributed by atoms with Gasteiger partial charge in [-0.05, 0) is 192 Å². The zero-order valence-corrected chi connectivity index (χ0v) is 42.1. The number of ketones is 5. The minimum absolute atomic E-state index is 0.173. The third kappa shape index (κ3) is 96.7. The van der Waals surface area contributed by atoms with Gasteiger partial charge in [-0.2, -0.15) is 0 Å². The fourth-order valence-electron chi connectivity index (χ4n) is 4.76. The molecule has 0 aromatic rings. The van der Waals surface area contributed by atoms with Crippen molar-refractivity contribution in [2.45, 2.75) is 164 Å². The zero-order valence-electron chi connectivity index (χ0n) is 42.1. The molecule has 0 spiro atoms. The summed E-state index contributed by atoms with van der Waals surface area (Å²) >= 11 is 0. The second-order valence-electron chi connectivity index (χ2n) is 16.8. The number of rotatable bonds is 29. The van der Waals surface area contributed by atoms with Gasteiger partial charge in [0.25, 0.3) is 12.9 Å². The highest BCUT2D eigenvalue weighted by Crippen LogP contribution is 2.11. The lowest BCUT2D eigenvalue weighted by Gasteiger charge is -2.14. The number of carbonyl (C=O) groups is 7. The maximum Gasteiger partial charge on any atom is 0.290 e. The van der Waals surface area contributed by atoms with Crippen LogP contribution in [0, 0.1) is 17.8 Å². The molecule has 0 aliphatic heterocycles. The van der Waals surface area contributed by atoms with Gasteiger partial charge in [0.1, 0.15) is 28.9 Å². The van der Waals surface area contributed by atoms with Crippen LogP contribution in [0.1, 0.15) is 152 Å². The molecular weight excluding hydrogens is 795 g/mol. The molecule has 0 aromatic heterocycles. The van der Waals surface area contributed by atoms with Gasteiger partial charge in [0.05, 0.1) is 0 Å². The second kappa shape index (κ2) is 58.0. The van der Waals surface area contributed by atoms with Crippen molar-refractivity contribution in [2.24, 2.45) is 35.0 Å². The van der Waals surface area contributed by atoms with Crippen molar-refractivity contribution in [1.29, 1.82) is 0 Å². The number of carbonyl (C=O) groups excluding carboxylic acids is 5. The van der Waals surface area contributed by atoms with Gasteiger partial charge in [-0.1, -0.05) is 20.8 Å². The Hall–Kier alpha value is -2.99. The molecule has 372 valence electrons. The molecule has 16 nitrogen and oxygen atoms in total. The van der Waals surface area contributed by atoms with E-state index in [-0.39, 0.29) is 42.4 Å². The first-order valence-electron chi connectivity index (χ1n) is 22.3. The van der Waals surface area contributed by atoms with E-state index in [9.17, 15) is 24.0 Å². The molecule has 0 saturated heterocycles. The summed E-state index contributed by atoms with van der Waals surface area (Å²) in [6, 6.07) is 0.350. The standard InChI is InChI=1S/C10H21NO.C9H20N2O.C9H19NO.C8H18N2O.C8H17NO.2CH2O2/c1-9(5-6-10(2)12)7-8-11(3)4;1-8(12)4-5-9(10)6-7-11(2)3;1-8(6-7-10-3)4-5-9(2)11;1-7(11)3-4-8(9)5-6-10-2;1-7(5-6-9)3-4-8(2)10;2*2-1-3/h9H,5-8H2,1-4H3;9H,4-7,10H2,1-3H3;8,10H,4-7H2,1-3H3;8,10H,3-6,9H2,1-2H3;7H,3-6,9H2,1-2H3;2*1H,(H,2,3)/t2*9-;2*8-;7-;;/m00000../s1. The highest BCUT2D eigenvalue weighted by molar-refractivity contribution is 5.76. The number of carboxylic acid groups (broad SMARTS) is 2. The van der Waals surface area contributed by atoms with E-state index in [0.717, 1.165) is 96.9 Å². The summed E-state index contributed by atoms with van der Waals surface area (Å²) in [5.74, 6) is 3.31. The van der Waals surface area contributed by atoms with Crippen molar-refractivity contribution < 1.29 is 43.8 Å². The van der Waals surface area contributed by atoms with E-state index in [0.29, 0.717) is 48.6 Å². The van der Waals surface area contributed by atoms with Crippen LogP contribution in [-0.4, -0.2) is 149 Å². The molecule has 0 unspecified atom stereocenters. The third-order valence-corrected chi connectivity index (χ3v) is 9.03. The zero-order chi connectivity index (χ0) is 49.9. The molecule has 0 radical (unpaired) electrons. The average Bonchev–Trinajstić information content (AvgIpc) is 3.18. The lowest BCUT2D eigenvalue weighted by molar-refractivity contribution is -0.123. The molecule has 0 aliphatic rings. The molecule has 0 bridgehead atoms. The maximum absolute atomic E-state index is 10.7. The summed E-state index contributed by atoms with van der Waals surface area (Å²) in [5.41, 5.74) is 16.9. The van der Waals surface area contributed by atoms with Gasteiger partial charge < -0.3 is 71.8 Å². The summed E-state index contributed by atoms with van der Waals surface area (Å²) in [6.45, 7) is 19.1. The van der Waals surface area contributed by atoms with Gasteiger partial charge in [-0.3, -0.25) is 9.59 Å². The minimum Gasteiger partial charge on any atom is -0.483 e. The Bertz CT molecular complexity index is 969. The number of nitrogens with zero attached hydrogens (tertiary/aromatic N) is 2. The predicted molar refractivity (Wildman–Crippen MR) is 258 cm³/mol. The van der Waals surface area contributed by atoms with Gasteiger partial charge >= 0.3 is 0 Å². The molecule has 0 rings (SSSR count). The van der Waals surface area contributed by atoms with Gasteiger partial charge in [-0.15, -0.1) is 0 Å². The Morgan fingerprint density at radius 2 is 0.742 bits per heavy atom. The summed E-state index contributed by atoms with van der Waals surface area (Å²) in [7, 11) is 12.1. The molecule has 0 aromatic carbocycles. The van der Waals surface area contributed by atoms with Crippen molar-refractivity contribution in [2.75, 3.05) is 75.0 Å². The van der Waals surface area contributed by atoms with Crippen LogP contribution < -0.4 is 27.8 Å². The number of nitrogens with one attached hydrogen (secondary N) is 2. The van der Waals surface area contributed by atoms with E-state index in [2.05, 4.69) is 55.3 Å². The van der Waals surface area contributed by atoms with E-state index < -0.39 is 0 Å². The van der Waals surface area contributed by atoms with E-state index in [1.54, 1.807) is 34.6 Å². The van der Waals surface area contributed by atoms with Crippen LogP contribution in [0.2, 0.25) is 0 Å². The van der Waals surface area contributed by atoms with Crippen molar-refractivity contribution >= 4 is 41.9 Å². The fourth-order valence-corrected chi connectivity index (χ4v) is 4.76. The van der Waals surface area contributed by atoms with E-state index >= 15 is 0 Å². The Labute approximate surface area is 379 Å². The topological polar surface area (TPSA) is 269 Å². The highest BCUT2D eigenvalue weighted by Gasteiger charge is 2.06. The lowest BCUT2D eigenvalue weighted by atomic mass is 10.0. The van der Waals surface area contributed by atoms with Crippen molar-refractivity contribution in [1.82, 2.24) is 20.4 Å². The van der Waals surface area contributed by atoms with Crippen molar-refractivity contribution in [3.8, 4) is 0 Å². The molecule has 62 heavy (non-hydrogen) atoms. The van der Waals surface area contributed by atoms with Crippen LogP contribution in [0.3, 0.4) is 0 Å². The van der Waals surface area contributed by atoms with E-state index in [1.165, 1.54) is 12.8 Å². The first-order valence-corrected chi connectivity index (χ1v) is 22.3. The summed E-state index contributed by atoms with van der Waals surface area (Å²) in [5, 5.41) is 19.9. The largest absolute Gasteiger partial charge is 0.483 e. The Morgan fingerprint density at radius 1 is 0.484 bits per heavy atom. The maximum atomic E-state index is 10.7. The van der Waals surface area contributed by atoms with Crippen LogP contribution in [0.25, 0.3) is 0 Å². The summed E-state index contributed by atoms with van der Waals surface area (Å²) in [6.07, 6.45) is 13.5. The SMILES string of the molecule is CC(=O)CC[C@H](C)CCN.CC(=O)CC[C@H](C)CCN(C)C.CC(=O)CC[C@H](N)CCN(C)C.CNCC[C@@H](C)CCC(C)=O.CNCC[C@@H](N)CCC(C)=O.O=CO.O=CO. The van der Waals surface area contributed by atoms with Crippen molar-refractivity contribution in [3.63, 3.8) is 0 Å². The average molecular weight is 894 g/mol. The second-order valence-corrected chi connectivity index (χ2v) is 16.8. The fraction of sp³-hybridized carbons (Fsp3) is 0.848. The number of hydrogen-bond donors (Lipinski definition) is 7.